The number of benzene rings is 1. The van der Waals surface area contributed by atoms with Crippen LogP contribution >= 0.6 is 23.7 Å². The Labute approximate surface area is 171 Å². The Morgan fingerprint density at radius 1 is 1.11 bits per heavy atom. The van der Waals surface area contributed by atoms with Gasteiger partial charge in [-0.05, 0) is 18.7 Å². The lowest BCUT2D eigenvalue weighted by Gasteiger charge is -2.34. The molecule has 1 aliphatic rings. The van der Waals surface area contributed by atoms with Gasteiger partial charge in [0.2, 0.25) is 0 Å². The molecule has 1 saturated heterocycles. The van der Waals surface area contributed by atoms with Crippen LogP contribution < -0.4 is 5.73 Å². The van der Waals surface area contributed by atoms with Gasteiger partial charge in [0.05, 0.1) is 9.93 Å². The van der Waals surface area contributed by atoms with Gasteiger partial charge in [0.15, 0.2) is 0 Å². The van der Waals surface area contributed by atoms with Crippen LogP contribution in [0.5, 0.6) is 0 Å². The van der Waals surface area contributed by atoms with Gasteiger partial charge in [0, 0.05) is 55.7 Å². The summed E-state index contributed by atoms with van der Waals surface area (Å²) in [6.45, 7) is 2.13. The predicted octanol–water partition coefficient (Wildman–Crippen LogP) is 1.57. The molecular weight excluding hydrogens is 406 g/mol. The van der Waals surface area contributed by atoms with Gasteiger partial charge in [-0.1, -0.05) is 0 Å². The highest BCUT2D eigenvalue weighted by Crippen LogP contribution is 2.16. The molecule has 0 aliphatic carbocycles. The van der Waals surface area contributed by atoms with Crippen molar-refractivity contribution in [3.8, 4) is 0 Å². The molecule has 0 saturated carbocycles. The molecule has 0 bridgehead atoms. The van der Waals surface area contributed by atoms with Crippen LogP contribution in [0.2, 0.25) is 0 Å². The zero-order valence-corrected chi connectivity index (χ0v) is 16.6. The molecule has 2 aromatic rings. The summed E-state index contributed by atoms with van der Waals surface area (Å²) in [5.41, 5.74) is 6.26. The molecule has 11 heteroatoms. The number of nitro groups is 1. The van der Waals surface area contributed by atoms with E-state index in [1.54, 1.807) is 15.2 Å². The summed E-state index contributed by atoms with van der Waals surface area (Å²) in [6.07, 6.45) is 0.648. The van der Waals surface area contributed by atoms with E-state index in [9.17, 15) is 19.7 Å². The van der Waals surface area contributed by atoms with Crippen molar-refractivity contribution in [1.29, 1.82) is 0 Å². The number of amides is 2. The van der Waals surface area contributed by atoms with E-state index < -0.39 is 4.92 Å². The third kappa shape index (κ3) is 4.83. The fourth-order valence-corrected chi connectivity index (χ4v) is 3.62. The van der Waals surface area contributed by atoms with Crippen molar-refractivity contribution in [2.75, 3.05) is 32.7 Å². The van der Waals surface area contributed by atoms with Crippen LogP contribution in [0.1, 0.15) is 25.9 Å². The lowest BCUT2D eigenvalue weighted by Crippen LogP contribution is -2.50. The molecule has 28 heavy (non-hydrogen) atoms. The summed E-state index contributed by atoms with van der Waals surface area (Å²) in [5.74, 6) is -0.340. The first-order valence-electron chi connectivity index (χ1n) is 8.47. The summed E-state index contributed by atoms with van der Waals surface area (Å²) >= 11 is 1.42. The second-order valence-electron chi connectivity index (χ2n) is 6.05. The zero-order chi connectivity index (χ0) is 19.4. The van der Waals surface area contributed by atoms with Crippen molar-refractivity contribution in [2.24, 2.45) is 5.73 Å². The average molecular weight is 426 g/mol. The van der Waals surface area contributed by atoms with Crippen LogP contribution in [0.15, 0.2) is 29.6 Å². The monoisotopic (exact) mass is 425 g/mol. The predicted molar refractivity (Wildman–Crippen MR) is 107 cm³/mol. The Hall–Kier alpha value is -2.56. The Bertz CT molecular complexity index is 849. The van der Waals surface area contributed by atoms with Crippen molar-refractivity contribution >= 4 is 41.2 Å². The first-order valence-corrected chi connectivity index (χ1v) is 9.35. The van der Waals surface area contributed by atoms with Crippen molar-refractivity contribution in [3.05, 3.63) is 56.0 Å². The molecular formula is C17H20ClN5O4S. The quantitative estimate of drug-likeness (QED) is 0.573. The van der Waals surface area contributed by atoms with Gasteiger partial charge in [-0.3, -0.25) is 19.7 Å². The van der Waals surface area contributed by atoms with Crippen molar-refractivity contribution < 1.29 is 14.5 Å². The van der Waals surface area contributed by atoms with Crippen molar-refractivity contribution in [3.63, 3.8) is 0 Å². The number of nitro benzene ring substituents is 1. The molecule has 1 aliphatic heterocycles. The third-order valence-corrected chi connectivity index (χ3v) is 5.22. The van der Waals surface area contributed by atoms with Crippen LogP contribution in [0.25, 0.3) is 0 Å². The number of halogens is 1. The summed E-state index contributed by atoms with van der Waals surface area (Å²) in [4.78, 5) is 42.9. The highest BCUT2D eigenvalue weighted by Gasteiger charge is 2.26. The Balaban J connectivity index is 0.00000280. The fourth-order valence-electron chi connectivity index (χ4n) is 2.83. The molecule has 0 unspecified atom stereocenters. The summed E-state index contributed by atoms with van der Waals surface area (Å²) in [7, 11) is 0. The molecule has 3 rings (SSSR count). The lowest BCUT2D eigenvalue weighted by molar-refractivity contribution is -0.384. The number of hydrogen-bond acceptors (Lipinski definition) is 7. The topological polar surface area (TPSA) is 123 Å². The molecule has 2 amide bonds. The van der Waals surface area contributed by atoms with E-state index in [2.05, 4.69) is 4.98 Å². The van der Waals surface area contributed by atoms with Crippen molar-refractivity contribution in [1.82, 2.24) is 14.8 Å². The van der Waals surface area contributed by atoms with Crippen LogP contribution in [0.3, 0.4) is 0 Å². The number of non-ortho nitro benzene ring substituents is 1. The maximum absolute atomic E-state index is 12.5. The number of piperazine rings is 1. The van der Waals surface area contributed by atoms with Gasteiger partial charge in [-0.25, -0.2) is 4.98 Å². The van der Waals surface area contributed by atoms with E-state index in [1.807, 2.05) is 0 Å². The smallest absolute Gasteiger partial charge is 0.273 e. The molecule has 9 nitrogen and oxygen atoms in total. The second-order valence-corrected chi connectivity index (χ2v) is 7.00. The molecule has 0 spiro atoms. The molecule has 1 aromatic carbocycles. The number of aromatic nitrogens is 1. The molecule has 0 radical (unpaired) electrons. The van der Waals surface area contributed by atoms with Gasteiger partial charge in [0.25, 0.3) is 17.5 Å². The van der Waals surface area contributed by atoms with E-state index in [0.29, 0.717) is 50.4 Å². The maximum Gasteiger partial charge on any atom is 0.273 e. The molecule has 2 heterocycles. The number of hydrogen-bond donors (Lipinski definition) is 1. The summed E-state index contributed by atoms with van der Waals surface area (Å²) < 4.78 is 0. The minimum absolute atomic E-state index is 0. The van der Waals surface area contributed by atoms with Gasteiger partial charge in [0.1, 0.15) is 5.69 Å². The normalized spacial score (nSPS) is 13.8. The van der Waals surface area contributed by atoms with E-state index in [-0.39, 0.29) is 29.9 Å². The molecule has 1 fully saturated rings. The zero-order valence-electron chi connectivity index (χ0n) is 14.9. The van der Waals surface area contributed by atoms with E-state index >= 15 is 0 Å². The van der Waals surface area contributed by atoms with Gasteiger partial charge in [-0.2, -0.15) is 0 Å². The highest BCUT2D eigenvalue weighted by molar-refractivity contribution is 7.09. The third-order valence-electron chi connectivity index (χ3n) is 4.31. The number of thiazole rings is 1. The number of nitrogens with zero attached hydrogens (tertiary/aromatic N) is 4. The number of nitrogens with two attached hydrogens (primary N) is 1. The highest BCUT2D eigenvalue weighted by atomic mass is 35.5. The Morgan fingerprint density at radius 3 is 2.21 bits per heavy atom. The van der Waals surface area contributed by atoms with Crippen LogP contribution in [-0.4, -0.2) is 64.2 Å². The number of rotatable bonds is 5. The van der Waals surface area contributed by atoms with Gasteiger partial charge < -0.3 is 15.5 Å². The molecule has 150 valence electrons. The first-order chi connectivity index (χ1) is 13.0. The largest absolute Gasteiger partial charge is 0.335 e. The summed E-state index contributed by atoms with van der Waals surface area (Å²) in [5, 5.41) is 13.3. The van der Waals surface area contributed by atoms with Gasteiger partial charge in [-0.15, -0.1) is 23.7 Å². The Morgan fingerprint density at radius 2 is 1.68 bits per heavy atom. The SMILES string of the molecule is Cl.NCCc1nc(C(=O)N2CCN(C(=O)c3ccc([N+](=O)[O-])cc3)CC2)cs1. The number of carbonyl (C=O) groups is 2. The minimum Gasteiger partial charge on any atom is -0.335 e. The van der Waals surface area contributed by atoms with E-state index in [0.717, 1.165) is 5.01 Å². The fraction of sp³-hybridized carbons (Fsp3) is 0.353. The first kappa shape index (κ1) is 21.7. The van der Waals surface area contributed by atoms with Crippen LogP contribution in [-0.2, 0) is 6.42 Å². The van der Waals surface area contributed by atoms with Gasteiger partial charge >= 0.3 is 0 Å². The maximum atomic E-state index is 12.5. The molecule has 2 N–H and O–H groups in total. The minimum atomic E-state index is -0.504. The van der Waals surface area contributed by atoms with E-state index in [4.69, 9.17) is 5.73 Å². The van der Waals surface area contributed by atoms with Crippen molar-refractivity contribution in [2.45, 2.75) is 6.42 Å². The summed E-state index contributed by atoms with van der Waals surface area (Å²) in [6, 6.07) is 5.53. The standard InChI is InChI=1S/C17H19N5O4S.ClH/c18-6-5-15-19-14(11-27-15)17(24)21-9-7-20(8-10-21)16(23)12-1-3-13(4-2-12)22(25)26;/h1-4,11H,5-10,18H2;1H. The number of carbonyl (C=O) groups excluding carboxylic acids is 2. The van der Waals surface area contributed by atoms with Crippen LogP contribution in [0, 0.1) is 10.1 Å². The lowest BCUT2D eigenvalue weighted by atomic mass is 10.1. The molecule has 0 atom stereocenters. The second kappa shape index (κ2) is 9.58. The Kier molecular flexibility index (Phi) is 7.44. The van der Waals surface area contributed by atoms with E-state index in [1.165, 1.54) is 35.6 Å². The average Bonchev–Trinajstić information content (AvgIpc) is 3.16. The van der Waals surface area contributed by atoms with Crippen LogP contribution in [0.4, 0.5) is 5.69 Å². The molecule has 1 aromatic heterocycles.